The Morgan fingerprint density at radius 3 is 1.65 bits per heavy atom. The molecule has 0 aliphatic heterocycles. The first-order chi connectivity index (χ1) is 15.1. The molecule has 0 radical (unpaired) electrons. The average molecular weight is 425 g/mol. The van der Waals surface area contributed by atoms with E-state index < -0.39 is 25.2 Å². The molecule has 4 nitrogen and oxygen atoms in total. The molecule has 3 aromatic rings. The monoisotopic (exact) mass is 425 g/mol. The van der Waals surface area contributed by atoms with Gasteiger partial charge >= 0.3 is 12.6 Å². The van der Waals surface area contributed by atoms with Crippen LogP contribution in [0.4, 0.5) is 8.78 Å². The van der Waals surface area contributed by atoms with Crippen molar-refractivity contribution in [2.75, 3.05) is 6.61 Å². The van der Waals surface area contributed by atoms with Crippen molar-refractivity contribution in [1.29, 1.82) is 0 Å². The van der Waals surface area contributed by atoms with Crippen molar-refractivity contribution in [3.63, 3.8) is 0 Å². The lowest BCUT2D eigenvalue weighted by atomic mass is 10.1. The van der Waals surface area contributed by atoms with Crippen molar-refractivity contribution < 1.29 is 23.0 Å². The van der Waals surface area contributed by atoms with Crippen LogP contribution in [-0.4, -0.2) is 30.1 Å². The van der Waals surface area contributed by atoms with Crippen LogP contribution in [0, 0.1) is 0 Å². The predicted octanol–water partition coefficient (Wildman–Crippen LogP) is 5.04. The summed E-state index contributed by atoms with van der Waals surface area (Å²) < 4.78 is 35.7. The Morgan fingerprint density at radius 1 is 0.742 bits per heavy atom. The predicted molar refractivity (Wildman–Crippen MR) is 114 cm³/mol. The van der Waals surface area contributed by atoms with Gasteiger partial charge in [-0.3, -0.25) is 9.69 Å². The molecule has 6 heteroatoms. The van der Waals surface area contributed by atoms with Gasteiger partial charge in [-0.25, -0.2) is 0 Å². The molecule has 0 amide bonds. The van der Waals surface area contributed by atoms with Gasteiger partial charge in [-0.05, 0) is 16.7 Å². The largest absolute Gasteiger partial charge is 0.460 e. The van der Waals surface area contributed by atoms with Crippen LogP contribution in [0.15, 0.2) is 91.0 Å². The fraction of sp³-hybridized carbons (Fsp3) is 0.240. The lowest BCUT2D eigenvalue weighted by molar-refractivity contribution is -0.168. The zero-order valence-corrected chi connectivity index (χ0v) is 17.1. The van der Waals surface area contributed by atoms with Gasteiger partial charge in [0.25, 0.3) is 0 Å². The summed E-state index contributed by atoms with van der Waals surface area (Å²) in [5, 5.41) is 0. The van der Waals surface area contributed by atoms with Gasteiger partial charge < -0.3 is 9.47 Å². The Morgan fingerprint density at radius 2 is 1.19 bits per heavy atom. The zero-order chi connectivity index (χ0) is 21.9. The zero-order valence-electron chi connectivity index (χ0n) is 17.1. The first-order valence-corrected chi connectivity index (χ1v) is 10.0. The molecule has 1 atom stereocenters. The number of halogens is 2. The van der Waals surface area contributed by atoms with Crippen molar-refractivity contribution in [1.82, 2.24) is 4.90 Å². The topological polar surface area (TPSA) is 38.8 Å². The standard InChI is InChI=1S/C25H25F2NO3/c26-25(27)31-19-23(24(29)30-18-22-14-8-3-9-15-22)28(16-20-10-4-1-5-11-20)17-21-12-6-2-7-13-21/h1-15,23,25H,16-19H2/t23-/m0/s1. The van der Waals surface area contributed by atoms with Gasteiger partial charge in [-0.1, -0.05) is 91.0 Å². The molecular weight excluding hydrogens is 400 g/mol. The lowest BCUT2D eigenvalue weighted by Gasteiger charge is -2.30. The molecule has 0 saturated carbocycles. The van der Waals surface area contributed by atoms with Crippen LogP contribution in [-0.2, 0) is 34.0 Å². The molecule has 0 heterocycles. The van der Waals surface area contributed by atoms with E-state index in [2.05, 4.69) is 4.74 Å². The summed E-state index contributed by atoms with van der Waals surface area (Å²) in [5.41, 5.74) is 2.73. The van der Waals surface area contributed by atoms with Crippen molar-refractivity contribution in [3.05, 3.63) is 108 Å². The number of carbonyl (C=O) groups excluding carboxylic acids is 1. The maximum atomic E-state index is 13.0. The van der Waals surface area contributed by atoms with Crippen molar-refractivity contribution in [2.24, 2.45) is 0 Å². The molecule has 31 heavy (non-hydrogen) atoms. The number of rotatable bonds is 11. The van der Waals surface area contributed by atoms with Gasteiger partial charge in [0.15, 0.2) is 0 Å². The molecule has 0 fully saturated rings. The Bertz CT molecular complexity index is 866. The maximum Gasteiger partial charge on any atom is 0.345 e. The van der Waals surface area contributed by atoms with Gasteiger partial charge in [0, 0.05) is 13.1 Å². The molecule has 0 N–H and O–H groups in total. The minimum Gasteiger partial charge on any atom is -0.460 e. The summed E-state index contributed by atoms with van der Waals surface area (Å²) in [6.07, 6.45) is 0. The minimum atomic E-state index is -2.97. The quantitative estimate of drug-likeness (QED) is 0.404. The summed E-state index contributed by atoms with van der Waals surface area (Å²) >= 11 is 0. The van der Waals surface area contributed by atoms with Crippen LogP contribution in [0.2, 0.25) is 0 Å². The first-order valence-electron chi connectivity index (χ1n) is 10.0. The second-order valence-corrected chi connectivity index (χ2v) is 7.08. The number of esters is 1. The molecule has 0 saturated heterocycles. The summed E-state index contributed by atoms with van der Waals surface area (Å²) in [4.78, 5) is 14.8. The lowest BCUT2D eigenvalue weighted by Crippen LogP contribution is -2.45. The van der Waals surface area contributed by atoms with E-state index in [0.717, 1.165) is 16.7 Å². The summed E-state index contributed by atoms with van der Waals surface area (Å²) in [6.45, 7) is -2.61. The van der Waals surface area contributed by atoms with Gasteiger partial charge in [0.2, 0.25) is 0 Å². The average Bonchev–Trinajstić information content (AvgIpc) is 2.79. The van der Waals surface area contributed by atoms with Gasteiger partial charge in [-0.2, -0.15) is 8.78 Å². The highest BCUT2D eigenvalue weighted by Gasteiger charge is 2.29. The Balaban J connectivity index is 1.80. The number of hydrogen-bond donors (Lipinski definition) is 0. The number of hydrogen-bond acceptors (Lipinski definition) is 4. The highest BCUT2D eigenvalue weighted by Crippen LogP contribution is 2.17. The minimum absolute atomic E-state index is 0.0648. The van der Waals surface area contributed by atoms with Crippen LogP contribution >= 0.6 is 0 Å². The molecule has 0 unspecified atom stereocenters. The number of nitrogens with zero attached hydrogens (tertiary/aromatic N) is 1. The van der Waals surface area contributed by atoms with E-state index >= 15 is 0 Å². The van der Waals surface area contributed by atoms with Gasteiger partial charge in [0.05, 0.1) is 6.61 Å². The number of carbonyl (C=O) groups is 1. The second-order valence-electron chi connectivity index (χ2n) is 7.08. The first kappa shape index (κ1) is 22.6. The van der Waals surface area contributed by atoms with Crippen LogP contribution < -0.4 is 0 Å². The Labute approximate surface area is 181 Å². The molecule has 3 rings (SSSR count). The SMILES string of the molecule is O=C(OCc1ccccc1)[C@H](COC(F)F)N(Cc1ccccc1)Cc1ccccc1. The van der Waals surface area contributed by atoms with Gasteiger partial charge in [0.1, 0.15) is 12.6 Å². The molecule has 0 aliphatic carbocycles. The van der Waals surface area contributed by atoms with Crippen molar-refractivity contribution in [3.8, 4) is 0 Å². The highest BCUT2D eigenvalue weighted by molar-refractivity contribution is 5.76. The Kier molecular flexibility index (Phi) is 8.70. The van der Waals surface area contributed by atoms with E-state index in [4.69, 9.17) is 4.74 Å². The molecule has 0 aliphatic rings. The third kappa shape index (κ3) is 7.59. The number of alkyl halides is 2. The molecule has 3 aromatic carbocycles. The third-order valence-electron chi connectivity index (χ3n) is 4.77. The van der Waals surface area contributed by atoms with Crippen LogP contribution in [0.25, 0.3) is 0 Å². The van der Waals surface area contributed by atoms with Crippen LogP contribution in [0.3, 0.4) is 0 Å². The smallest absolute Gasteiger partial charge is 0.345 e. The molecule has 0 aromatic heterocycles. The van der Waals surface area contributed by atoms with E-state index in [1.807, 2.05) is 91.0 Å². The van der Waals surface area contributed by atoms with E-state index in [9.17, 15) is 13.6 Å². The fourth-order valence-corrected chi connectivity index (χ4v) is 3.22. The fourth-order valence-electron chi connectivity index (χ4n) is 3.22. The highest BCUT2D eigenvalue weighted by atomic mass is 19.3. The van der Waals surface area contributed by atoms with Crippen molar-refractivity contribution >= 4 is 5.97 Å². The molecular formula is C25H25F2NO3. The van der Waals surface area contributed by atoms with E-state index in [-0.39, 0.29) is 6.61 Å². The Hall–Kier alpha value is -3.09. The number of ether oxygens (including phenoxy) is 2. The van der Waals surface area contributed by atoms with Crippen LogP contribution in [0.5, 0.6) is 0 Å². The molecule has 162 valence electrons. The van der Waals surface area contributed by atoms with Crippen molar-refractivity contribution in [2.45, 2.75) is 32.3 Å². The van der Waals surface area contributed by atoms with E-state index in [1.165, 1.54) is 0 Å². The second kappa shape index (κ2) is 11.9. The summed E-state index contributed by atoms with van der Waals surface area (Å²) in [7, 11) is 0. The normalized spacial score (nSPS) is 12.1. The molecule has 0 bridgehead atoms. The summed E-state index contributed by atoms with van der Waals surface area (Å²) in [5.74, 6) is -0.601. The molecule has 0 spiro atoms. The number of benzene rings is 3. The maximum absolute atomic E-state index is 13.0. The van der Waals surface area contributed by atoms with Crippen LogP contribution in [0.1, 0.15) is 16.7 Å². The third-order valence-corrected chi connectivity index (χ3v) is 4.77. The van der Waals surface area contributed by atoms with Gasteiger partial charge in [-0.15, -0.1) is 0 Å². The van der Waals surface area contributed by atoms with E-state index in [1.54, 1.807) is 4.90 Å². The summed E-state index contributed by atoms with van der Waals surface area (Å²) in [6, 6.07) is 27.3. The van der Waals surface area contributed by atoms with E-state index in [0.29, 0.717) is 13.1 Å².